The SMILES string of the molecule is COc1ccccc1CCNc1ncnc2sc(C(=O)NC[C@H]3COCCO3)c(C)c12. The van der Waals surface area contributed by atoms with Crippen molar-refractivity contribution in [2.75, 3.05) is 45.3 Å². The highest BCUT2D eigenvalue weighted by molar-refractivity contribution is 7.20. The summed E-state index contributed by atoms with van der Waals surface area (Å²) in [5.41, 5.74) is 2.00. The molecule has 2 aromatic heterocycles. The van der Waals surface area contributed by atoms with E-state index in [1.807, 2.05) is 25.1 Å². The molecule has 0 spiro atoms. The Kier molecular flexibility index (Phi) is 6.96. The molecule has 4 rings (SSSR count). The minimum atomic E-state index is -0.130. The number of carbonyl (C=O) groups excluding carboxylic acids is 1. The third-order valence-electron chi connectivity index (χ3n) is 5.19. The van der Waals surface area contributed by atoms with Crippen LogP contribution in [0.25, 0.3) is 10.2 Å². The monoisotopic (exact) mass is 442 g/mol. The van der Waals surface area contributed by atoms with Gasteiger partial charge in [-0.2, -0.15) is 0 Å². The van der Waals surface area contributed by atoms with E-state index in [9.17, 15) is 4.79 Å². The number of fused-ring (bicyclic) bond motifs is 1. The molecule has 0 radical (unpaired) electrons. The van der Waals surface area contributed by atoms with Gasteiger partial charge in [-0.25, -0.2) is 9.97 Å². The highest BCUT2D eigenvalue weighted by Gasteiger charge is 2.21. The molecule has 0 unspecified atom stereocenters. The Labute approximate surface area is 184 Å². The average molecular weight is 443 g/mol. The highest BCUT2D eigenvalue weighted by Crippen LogP contribution is 2.33. The van der Waals surface area contributed by atoms with Crippen LogP contribution in [0.5, 0.6) is 5.75 Å². The molecule has 3 heterocycles. The van der Waals surface area contributed by atoms with Crippen molar-refractivity contribution in [2.24, 2.45) is 0 Å². The van der Waals surface area contributed by atoms with Crippen LogP contribution in [0.1, 0.15) is 20.8 Å². The van der Waals surface area contributed by atoms with Gasteiger partial charge >= 0.3 is 0 Å². The molecule has 164 valence electrons. The van der Waals surface area contributed by atoms with Gasteiger partial charge in [0, 0.05) is 13.1 Å². The zero-order chi connectivity index (χ0) is 21.6. The Morgan fingerprint density at radius 1 is 1.29 bits per heavy atom. The molecule has 1 aliphatic rings. The Bertz CT molecular complexity index is 1050. The number of rotatable bonds is 8. The van der Waals surface area contributed by atoms with E-state index < -0.39 is 0 Å². The number of hydrogen-bond donors (Lipinski definition) is 2. The number of benzene rings is 1. The molecule has 1 saturated heterocycles. The van der Waals surface area contributed by atoms with Gasteiger partial charge in [0.2, 0.25) is 0 Å². The summed E-state index contributed by atoms with van der Waals surface area (Å²) in [6.07, 6.45) is 2.20. The zero-order valence-corrected chi connectivity index (χ0v) is 18.5. The smallest absolute Gasteiger partial charge is 0.261 e. The van der Waals surface area contributed by atoms with Crippen LogP contribution in [0, 0.1) is 6.92 Å². The molecule has 31 heavy (non-hydrogen) atoms. The molecule has 2 N–H and O–H groups in total. The van der Waals surface area contributed by atoms with Gasteiger partial charge in [-0.3, -0.25) is 4.79 Å². The predicted octanol–water partition coefficient (Wildman–Crippen LogP) is 2.81. The van der Waals surface area contributed by atoms with E-state index in [1.54, 1.807) is 7.11 Å². The standard InChI is InChI=1S/C22H26N4O4S/c1-14-18-20(23-8-7-15-5-3-4-6-17(15)28-2)25-13-26-22(18)31-19(14)21(27)24-11-16-12-29-9-10-30-16/h3-6,13,16H,7-12H2,1-2H3,(H,24,27)(H,23,25,26)/t16-/m0/s1. The second kappa shape index (κ2) is 10.0. The molecular formula is C22H26N4O4S. The van der Waals surface area contributed by atoms with Crippen LogP contribution >= 0.6 is 11.3 Å². The van der Waals surface area contributed by atoms with Gasteiger partial charge in [0.25, 0.3) is 5.91 Å². The highest BCUT2D eigenvalue weighted by atomic mass is 32.1. The number of anilines is 1. The minimum Gasteiger partial charge on any atom is -0.496 e. The second-order valence-corrected chi connectivity index (χ2v) is 8.22. The fourth-order valence-electron chi connectivity index (χ4n) is 3.59. The number of aryl methyl sites for hydroxylation is 1. The van der Waals surface area contributed by atoms with Gasteiger partial charge in [-0.15, -0.1) is 11.3 Å². The maximum absolute atomic E-state index is 12.8. The van der Waals surface area contributed by atoms with Gasteiger partial charge in [-0.05, 0) is 30.5 Å². The first kappa shape index (κ1) is 21.5. The van der Waals surface area contributed by atoms with Crippen molar-refractivity contribution in [1.29, 1.82) is 0 Å². The first-order valence-corrected chi connectivity index (χ1v) is 11.1. The summed E-state index contributed by atoms with van der Waals surface area (Å²) in [6.45, 7) is 4.69. The number of ether oxygens (including phenoxy) is 3. The van der Waals surface area contributed by atoms with Gasteiger partial charge in [0.15, 0.2) is 0 Å². The molecule has 1 fully saturated rings. The quantitative estimate of drug-likeness (QED) is 0.554. The Hall–Kier alpha value is -2.75. The number of methoxy groups -OCH3 is 1. The largest absolute Gasteiger partial charge is 0.496 e. The molecular weight excluding hydrogens is 416 g/mol. The number of aromatic nitrogens is 2. The number of amides is 1. The number of para-hydroxylation sites is 1. The van der Waals surface area contributed by atoms with Crippen LogP contribution in [-0.2, 0) is 15.9 Å². The first-order chi connectivity index (χ1) is 15.2. The third kappa shape index (κ3) is 4.95. The van der Waals surface area contributed by atoms with E-state index in [4.69, 9.17) is 14.2 Å². The fraction of sp³-hybridized carbons (Fsp3) is 0.409. The molecule has 1 amide bonds. The summed E-state index contributed by atoms with van der Waals surface area (Å²) in [7, 11) is 1.68. The van der Waals surface area contributed by atoms with Crippen LogP contribution in [0.3, 0.4) is 0 Å². The van der Waals surface area contributed by atoms with Crippen LogP contribution in [0.15, 0.2) is 30.6 Å². The van der Waals surface area contributed by atoms with Crippen molar-refractivity contribution in [2.45, 2.75) is 19.4 Å². The van der Waals surface area contributed by atoms with E-state index in [1.165, 1.54) is 17.7 Å². The lowest BCUT2D eigenvalue weighted by Gasteiger charge is -2.22. The molecule has 1 atom stereocenters. The lowest BCUT2D eigenvalue weighted by molar-refractivity contribution is -0.0855. The van der Waals surface area contributed by atoms with Gasteiger partial charge in [0.05, 0.1) is 43.3 Å². The number of nitrogens with one attached hydrogen (secondary N) is 2. The average Bonchev–Trinajstić information content (AvgIpc) is 3.16. The van der Waals surface area contributed by atoms with Crippen LogP contribution in [0.2, 0.25) is 0 Å². The summed E-state index contributed by atoms with van der Waals surface area (Å²) in [4.78, 5) is 23.0. The molecule has 3 aromatic rings. The van der Waals surface area contributed by atoms with E-state index in [-0.39, 0.29) is 12.0 Å². The maximum atomic E-state index is 12.8. The van der Waals surface area contributed by atoms with Crippen molar-refractivity contribution in [3.05, 3.63) is 46.6 Å². The van der Waals surface area contributed by atoms with Crippen LogP contribution < -0.4 is 15.4 Å². The van der Waals surface area contributed by atoms with Crippen LogP contribution in [-0.4, -0.2) is 62.0 Å². The summed E-state index contributed by atoms with van der Waals surface area (Å²) < 4.78 is 16.4. The van der Waals surface area contributed by atoms with Gasteiger partial charge < -0.3 is 24.8 Å². The van der Waals surface area contributed by atoms with Crippen LogP contribution in [0.4, 0.5) is 5.82 Å². The van der Waals surface area contributed by atoms with E-state index in [0.29, 0.717) is 37.8 Å². The predicted molar refractivity (Wildman–Crippen MR) is 120 cm³/mol. The first-order valence-electron chi connectivity index (χ1n) is 10.2. The minimum absolute atomic E-state index is 0.112. The van der Waals surface area contributed by atoms with Gasteiger partial charge in [-0.1, -0.05) is 18.2 Å². The summed E-state index contributed by atoms with van der Waals surface area (Å²) >= 11 is 1.37. The van der Waals surface area contributed by atoms with E-state index in [2.05, 4.69) is 26.7 Å². The Balaban J connectivity index is 1.45. The lowest BCUT2D eigenvalue weighted by Crippen LogP contribution is -2.39. The summed E-state index contributed by atoms with van der Waals surface area (Å²) in [5, 5.41) is 7.23. The normalized spacial score (nSPS) is 16.3. The third-order valence-corrected chi connectivity index (χ3v) is 6.39. The van der Waals surface area contributed by atoms with Crippen molar-refractivity contribution in [3.63, 3.8) is 0 Å². The topological polar surface area (TPSA) is 94.6 Å². The lowest BCUT2D eigenvalue weighted by atomic mass is 10.1. The molecule has 1 aliphatic heterocycles. The van der Waals surface area contributed by atoms with Gasteiger partial charge in [0.1, 0.15) is 22.7 Å². The van der Waals surface area contributed by atoms with Crippen molar-refractivity contribution < 1.29 is 19.0 Å². The molecule has 0 aliphatic carbocycles. The number of nitrogens with zero attached hydrogens (tertiary/aromatic N) is 2. The number of carbonyl (C=O) groups is 1. The van der Waals surface area contributed by atoms with Crippen molar-refractivity contribution >= 4 is 33.3 Å². The number of thiophene rings is 1. The molecule has 8 nitrogen and oxygen atoms in total. The molecule has 0 bridgehead atoms. The number of hydrogen-bond acceptors (Lipinski definition) is 8. The molecule has 9 heteroatoms. The molecule has 0 saturated carbocycles. The maximum Gasteiger partial charge on any atom is 0.261 e. The Morgan fingerprint density at radius 3 is 2.97 bits per heavy atom. The second-order valence-electron chi connectivity index (χ2n) is 7.22. The van der Waals surface area contributed by atoms with E-state index in [0.717, 1.165) is 39.3 Å². The van der Waals surface area contributed by atoms with E-state index >= 15 is 0 Å². The summed E-state index contributed by atoms with van der Waals surface area (Å²) in [5.74, 6) is 1.47. The molecule has 1 aromatic carbocycles. The fourth-order valence-corrected chi connectivity index (χ4v) is 4.65. The van der Waals surface area contributed by atoms with Crippen molar-refractivity contribution in [1.82, 2.24) is 15.3 Å². The van der Waals surface area contributed by atoms with Crippen molar-refractivity contribution in [3.8, 4) is 5.75 Å². The summed E-state index contributed by atoms with van der Waals surface area (Å²) in [6, 6.07) is 7.96. The Morgan fingerprint density at radius 2 is 2.16 bits per heavy atom. The zero-order valence-electron chi connectivity index (χ0n) is 17.6.